The molecule has 2 atom stereocenters. The summed E-state index contributed by atoms with van der Waals surface area (Å²) in [6, 6.07) is 7.75. The number of aromatic nitrogens is 2. The number of hydrogen-bond donors (Lipinski definition) is 2. The summed E-state index contributed by atoms with van der Waals surface area (Å²) in [4.78, 5) is 26.3. The minimum absolute atomic E-state index is 0.00803. The average Bonchev–Trinajstić information content (AvgIpc) is 3.36. The summed E-state index contributed by atoms with van der Waals surface area (Å²) in [6.07, 6.45) is 3.32. The summed E-state index contributed by atoms with van der Waals surface area (Å²) >= 11 is 6.08. The first-order valence-corrected chi connectivity index (χ1v) is 9.46. The van der Waals surface area contributed by atoms with Crippen LogP contribution in [0.15, 0.2) is 35.3 Å². The number of H-pyrrole nitrogens is 1. The minimum atomic E-state index is -0.408. The van der Waals surface area contributed by atoms with Crippen molar-refractivity contribution in [1.29, 1.82) is 0 Å². The highest BCUT2D eigenvalue weighted by Gasteiger charge is 2.27. The number of anilines is 1. The lowest BCUT2D eigenvalue weighted by Gasteiger charge is -2.19. The van der Waals surface area contributed by atoms with Gasteiger partial charge in [-0.25, -0.2) is 5.10 Å². The third-order valence-electron chi connectivity index (χ3n) is 5.19. The molecule has 2 N–H and O–H groups in total. The van der Waals surface area contributed by atoms with E-state index >= 15 is 0 Å². The molecule has 7 nitrogen and oxygen atoms in total. The molecule has 2 fully saturated rings. The van der Waals surface area contributed by atoms with Gasteiger partial charge in [-0.2, -0.15) is 5.10 Å². The fraction of sp³-hybridized carbons (Fsp3) is 0.421. The largest absolute Gasteiger partial charge is 0.381 e. The molecule has 2 aliphatic heterocycles. The van der Waals surface area contributed by atoms with Gasteiger partial charge in [0, 0.05) is 37.2 Å². The van der Waals surface area contributed by atoms with E-state index in [4.69, 9.17) is 16.3 Å². The fourth-order valence-electron chi connectivity index (χ4n) is 3.69. The van der Waals surface area contributed by atoms with Crippen LogP contribution in [0.2, 0.25) is 5.02 Å². The zero-order valence-corrected chi connectivity index (χ0v) is 15.5. The molecule has 3 heterocycles. The third kappa shape index (κ3) is 3.84. The monoisotopic (exact) mass is 388 g/mol. The van der Waals surface area contributed by atoms with Crippen LogP contribution in [-0.4, -0.2) is 48.4 Å². The molecule has 8 heteroatoms. The number of carbonyl (C=O) groups is 1. The summed E-state index contributed by atoms with van der Waals surface area (Å²) in [5.74, 6) is 0.281. The lowest BCUT2D eigenvalue weighted by Crippen LogP contribution is -2.37. The van der Waals surface area contributed by atoms with E-state index < -0.39 is 5.56 Å². The predicted molar refractivity (Wildman–Crippen MR) is 103 cm³/mol. The number of aromatic amines is 1. The van der Waals surface area contributed by atoms with Gasteiger partial charge in [0.2, 0.25) is 0 Å². The molecule has 0 bridgehead atoms. The first-order chi connectivity index (χ1) is 13.1. The van der Waals surface area contributed by atoms with Crippen molar-refractivity contribution >= 4 is 23.2 Å². The Kier molecular flexibility index (Phi) is 5.13. The van der Waals surface area contributed by atoms with E-state index in [1.165, 1.54) is 0 Å². The quantitative estimate of drug-likeness (QED) is 0.835. The van der Waals surface area contributed by atoms with Gasteiger partial charge in [0.25, 0.3) is 11.5 Å². The van der Waals surface area contributed by atoms with Gasteiger partial charge in [0.15, 0.2) is 0 Å². The molecule has 0 spiro atoms. The van der Waals surface area contributed by atoms with Crippen molar-refractivity contribution in [2.75, 3.05) is 31.2 Å². The summed E-state index contributed by atoms with van der Waals surface area (Å²) in [5, 5.41) is 9.34. The second-order valence-corrected chi connectivity index (χ2v) is 7.37. The maximum absolute atomic E-state index is 12.7. The van der Waals surface area contributed by atoms with E-state index in [9.17, 15) is 9.59 Å². The number of rotatable bonds is 4. The van der Waals surface area contributed by atoms with Crippen molar-refractivity contribution in [3.05, 3.63) is 57.0 Å². The Balaban J connectivity index is 1.41. The second kappa shape index (κ2) is 7.70. The molecule has 4 rings (SSSR count). The molecule has 0 radical (unpaired) electrons. The zero-order chi connectivity index (χ0) is 18.8. The Morgan fingerprint density at radius 3 is 3.07 bits per heavy atom. The van der Waals surface area contributed by atoms with Gasteiger partial charge in [-0.15, -0.1) is 0 Å². The maximum Gasteiger partial charge on any atom is 0.285 e. The summed E-state index contributed by atoms with van der Waals surface area (Å²) in [7, 11) is 0. The Labute approximate surface area is 161 Å². The van der Waals surface area contributed by atoms with Gasteiger partial charge in [0.05, 0.1) is 18.5 Å². The molecule has 2 aliphatic rings. The highest BCUT2D eigenvalue weighted by atomic mass is 35.5. The van der Waals surface area contributed by atoms with Crippen LogP contribution in [0.1, 0.15) is 34.7 Å². The highest BCUT2D eigenvalue weighted by molar-refractivity contribution is 6.33. The number of halogens is 1. The van der Waals surface area contributed by atoms with Crippen LogP contribution in [0, 0.1) is 0 Å². The Morgan fingerprint density at radius 2 is 2.26 bits per heavy atom. The molecule has 0 aliphatic carbocycles. The van der Waals surface area contributed by atoms with Gasteiger partial charge in [-0.05, 0) is 30.5 Å². The van der Waals surface area contributed by atoms with Crippen molar-refractivity contribution in [3.63, 3.8) is 0 Å². The summed E-state index contributed by atoms with van der Waals surface area (Å²) in [5.41, 5.74) is 2.00. The molecule has 2 unspecified atom stereocenters. The number of nitrogens with one attached hydrogen (secondary N) is 2. The summed E-state index contributed by atoms with van der Waals surface area (Å²) in [6.45, 7) is 2.79. The molecule has 0 saturated carbocycles. The van der Waals surface area contributed by atoms with Crippen LogP contribution in [0.5, 0.6) is 0 Å². The molecule has 1 aromatic carbocycles. The van der Waals surface area contributed by atoms with E-state index in [2.05, 4.69) is 21.6 Å². The van der Waals surface area contributed by atoms with E-state index in [0.717, 1.165) is 25.0 Å². The minimum Gasteiger partial charge on any atom is -0.381 e. The van der Waals surface area contributed by atoms with Gasteiger partial charge in [-0.1, -0.05) is 23.7 Å². The molecule has 27 heavy (non-hydrogen) atoms. The van der Waals surface area contributed by atoms with Crippen LogP contribution in [0.4, 0.5) is 5.69 Å². The normalized spacial score (nSPS) is 22.2. The smallest absolute Gasteiger partial charge is 0.285 e. The van der Waals surface area contributed by atoms with Crippen LogP contribution >= 0.6 is 11.6 Å². The van der Waals surface area contributed by atoms with Crippen molar-refractivity contribution in [3.8, 4) is 0 Å². The van der Waals surface area contributed by atoms with Gasteiger partial charge in [-0.3, -0.25) is 9.59 Å². The van der Waals surface area contributed by atoms with Crippen LogP contribution in [-0.2, 0) is 4.74 Å². The number of hydrogen-bond acceptors (Lipinski definition) is 5. The molecule has 142 valence electrons. The third-order valence-corrected chi connectivity index (χ3v) is 5.56. The average molecular weight is 389 g/mol. The highest BCUT2D eigenvalue weighted by Crippen LogP contribution is 2.27. The molecule has 2 aromatic rings. The Hall–Kier alpha value is -2.38. The van der Waals surface area contributed by atoms with Crippen molar-refractivity contribution in [1.82, 2.24) is 15.5 Å². The Morgan fingerprint density at radius 1 is 1.37 bits per heavy atom. The van der Waals surface area contributed by atoms with Gasteiger partial charge < -0.3 is 15.0 Å². The summed E-state index contributed by atoms with van der Waals surface area (Å²) < 4.78 is 5.44. The van der Waals surface area contributed by atoms with Crippen LogP contribution < -0.4 is 15.8 Å². The van der Waals surface area contributed by atoms with E-state index in [1.807, 2.05) is 23.1 Å². The number of carbonyl (C=O) groups excluding carboxylic acids is 1. The van der Waals surface area contributed by atoms with Crippen LogP contribution in [0.25, 0.3) is 0 Å². The number of ether oxygens (including phenoxy) is 1. The lowest BCUT2D eigenvalue weighted by atomic mass is 9.96. The Bertz CT molecular complexity index is 895. The molecule has 2 saturated heterocycles. The zero-order valence-electron chi connectivity index (χ0n) is 14.8. The van der Waals surface area contributed by atoms with Crippen molar-refractivity contribution < 1.29 is 9.53 Å². The predicted octanol–water partition coefficient (Wildman–Crippen LogP) is 1.94. The van der Waals surface area contributed by atoms with Crippen LogP contribution in [0.3, 0.4) is 0 Å². The second-order valence-electron chi connectivity index (χ2n) is 6.99. The van der Waals surface area contributed by atoms with Gasteiger partial charge in [0.1, 0.15) is 5.02 Å². The molecular formula is C19H21ClN4O3. The molecule has 1 aromatic heterocycles. The van der Waals surface area contributed by atoms with E-state index in [1.54, 1.807) is 6.20 Å². The van der Waals surface area contributed by atoms with E-state index in [-0.39, 0.29) is 17.0 Å². The first-order valence-electron chi connectivity index (χ1n) is 9.08. The standard InChI is InChI=1S/C19H21ClN4O3/c20-17-16(9-21-23-19(17)26)24-6-4-15(10-24)22-18(25)13-3-1-2-12(8-13)14-5-7-27-11-14/h1-3,8-9,14-15H,4-7,10-11H2,(H,22,25)(H,23,26). The van der Waals surface area contributed by atoms with E-state index in [0.29, 0.717) is 36.9 Å². The van der Waals surface area contributed by atoms with Crippen molar-refractivity contribution in [2.24, 2.45) is 0 Å². The van der Waals surface area contributed by atoms with Gasteiger partial charge >= 0.3 is 0 Å². The first kappa shape index (κ1) is 18.0. The maximum atomic E-state index is 12.7. The lowest BCUT2D eigenvalue weighted by molar-refractivity contribution is 0.0940. The number of nitrogens with zero attached hydrogens (tertiary/aromatic N) is 2. The topological polar surface area (TPSA) is 87.3 Å². The fourth-order valence-corrected chi connectivity index (χ4v) is 3.90. The molecular weight excluding hydrogens is 368 g/mol. The number of amides is 1. The SMILES string of the molecule is O=C(NC1CCN(c2cn[nH]c(=O)c2Cl)C1)c1cccc(C2CCOC2)c1. The molecule has 1 amide bonds. The van der Waals surface area contributed by atoms with Crippen molar-refractivity contribution in [2.45, 2.75) is 24.8 Å². The number of benzene rings is 1.